The summed E-state index contributed by atoms with van der Waals surface area (Å²) in [5, 5.41) is 1.92. The molecule has 0 aliphatic rings. The van der Waals surface area contributed by atoms with E-state index in [-0.39, 0.29) is 5.56 Å². The van der Waals surface area contributed by atoms with E-state index in [4.69, 9.17) is 4.98 Å². The van der Waals surface area contributed by atoms with E-state index in [9.17, 15) is 4.79 Å². The fraction of sp³-hybridized carbons (Fsp3) is 0.0244. The predicted molar refractivity (Wildman–Crippen MR) is 188 cm³/mol. The van der Waals surface area contributed by atoms with Gasteiger partial charge in [-0.3, -0.25) is 13.8 Å². The van der Waals surface area contributed by atoms with Crippen molar-refractivity contribution in [3.05, 3.63) is 167 Å². The topological polar surface area (TPSA) is 39.3 Å². The molecule has 0 fully saturated rings. The van der Waals surface area contributed by atoms with Crippen molar-refractivity contribution in [3.8, 4) is 28.2 Å². The van der Waals surface area contributed by atoms with Gasteiger partial charge in [0.15, 0.2) is 0 Å². The van der Waals surface area contributed by atoms with Crippen molar-refractivity contribution in [2.24, 2.45) is 0 Å². The fourth-order valence-electron chi connectivity index (χ4n) is 6.52. The molecule has 0 radical (unpaired) electrons. The third-order valence-electron chi connectivity index (χ3n) is 8.62. The van der Waals surface area contributed by atoms with Crippen LogP contribution in [0.4, 0.5) is 0 Å². The lowest BCUT2D eigenvalue weighted by atomic mass is 9.97. The number of nitrogens with zero attached hydrogens (tertiary/aromatic N) is 3. The zero-order valence-corrected chi connectivity index (χ0v) is 24.8. The summed E-state index contributed by atoms with van der Waals surface area (Å²) < 4.78 is 3.85. The highest BCUT2D eigenvalue weighted by atomic mass is 16.1. The molecule has 3 heterocycles. The van der Waals surface area contributed by atoms with E-state index in [1.54, 1.807) is 6.08 Å². The number of benzene rings is 5. The van der Waals surface area contributed by atoms with Gasteiger partial charge in [-0.25, -0.2) is 4.98 Å². The second-order valence-electron chi connectivity index (χ2n) is 11.3. The van der Waals surface area contributed by atoms with Gasteiger partial charge in [-0.1, -0.05) is 116 Å². The van der Waals surface area contributed by atoms with Crippen molar-refractivity contribution >= 4 is 45.0 Å². The lowest BCUT2D eigenvalue weighted by molar-refractivity contribution is 1.06. The van der Waals surface area contributed by atoms with E-state index in [2.05, 4.69) is 68.1 Å². The molecular formula is C41H29N3O. The zero-order chi connectivity index (χ0) is 30.5. The van der Waals surface area contributed by atoms with Crippen LogP contribution in [0.2, 0.25) is 0 Å². The molecule has 4 nitrogen and oxygen atoms in total. The molecule has 0 amide bonds. The highest BCUT2D eigenvalue weighted by Crippen LogP contribution is 2.40. The second-order valence-corrected chi connectivity index (χ2v) is 11.3. The predicted octanol–water partition coefficient (Wildman–Crippen LogP) is 9.77. The minimum absolute atomic E-state index is 0.125. The maximum absolute atomic E-state index is 14.9. The first kappa shape index (κ1) is 26.6. The highest BCUT2D eigenvalue weighted by Gasteiger charge is 2.26. The highest BCUT2D eigenvalue weighted by molar-refractivity contribution is 6.16. The molecule has 0 atom stereocenters. The summed E-state index contributed by atoms with van der Waals surface area (Å²) in [4.78, 5) is 20.1. The van der Waals surface area contributed by atoms with Crippen molar-refractivity contribution < 1.29 is 0 Å². The third kappa shape index (κ3) is 4.22. The van der Waals surface area contributed by atoms with Crippen LogP contribution in [-0.2, 0) is 0 Å². The van der Waals surface area contributed by atoms with Crippen molar-refractivity contribution in [3.63, 3.8) is 0 Å². The van der Waals surface area contributed by atoms with Crippen LogP contribution in [0.15, 0.2) is 145 Å². The van der Waals surface area contributed by atoms with E-state index in [0.29, 0.717) is 11.0 Å². The van der Waals surface area contributed by atoms with E-state index in [1.807, 2.05) is 93.9 Å². The average Bonchev–Trinajstić information content (AvgIpc) is 3.66. The molecule has 0 aliphatic heterocycles. The molecular weight excluding hydrogens is 550 g/mol. The number of fused-ring (bicyclic) bond motifs is 2. The lowest BCUT2D eigenvalue weighted by Gasteiger charge is -2.10. The Morgan fingerprint density at radius 3 is 1.91 bits per heavy atom. The quantitative estimate of drug-likeness (QED) is 0.197. The molecule has 0 spiro atoms. The minimum atomic E-state index is -0.125. The van der Waals surface area contributed by atoms with Gasteiger partial charge >= 0.3 is 0 Å². The van der Waals surface area contributed by atoms with Crippen LogP contribution in [0.5, 0.6) is 0 Å². The summed E-state index contributed by atoms with van der Waals surface area (Å²) in [7, 11) is 0. The monoisotopic (exact) mass is 579 g/mol. The summed E-state index contributed by atoms with van der Waals surface area (Å²) in [5.41, 5.74) is 9.89. The van der Waals surface area contributed by atoms with Gasteiger partial charge in [0.25, 0.3) is 5.56 Å². The van der Waals surface area contributed by atoms with Crippen LogP contribution < -0.4 is 5.56 Å². The Labute approximate surface area is 260 Å². The summed E-state index contributed by atoms with van der Waals surface area (Å²) in [6, 6.07) is 45.2. The van der Waals surface area contributed by atoms with Crippen LogP contribution in [0.25, 0.3) is 73.2 Å². The molecule has 8 aromatic rings. The largest absolute Gasteiger partial charge is 0.287 e. The van der Waals surface area contributed by atoms with Gasteiger partial charge in [0.2, 0.25) is 0 Å². The summed E-state index contributed by atoms with van der Waals surface area (Å²) in [6.45, 7) is 6.32. The molecule has 0 unspecified atom stereocenters. The van der Waals surface area contributed by atoms with Crippen LogP contribution in [0, 0.1) is 0 Å². The molecule has 4 heteroatoms. The summed E-state index contributed by atoms with van der Waals surface area (Å²) in [6.07, 6.45) is 3.99. The van der Waals surface area contributed by atoms with Gasteiger partial charge in [0.1, 0.15) is 16.9 Å². The van der Waals surface area contributed by atoms with Crippen LogP contribution in [0.1, 0.15) is 23.7 Å². The number of para-hydroxylation sites is 1. The van der Waals surface area contributed by atoms with E-state index >= 15 is 0 Å². The fourth-order valence-corrected chi connectivity index (χ4v) is 6.52. The first-order valence-electron chi connectivity index (χ1n) is 15.1. The lowest BCUT2D eigenvalue weighted by Crippen LogP contribution is -2.17. The Hall–Kier alpha value is -6.00. The molecule has 45 heavy (non-hydrogen) atoms. The maximum atomic E-state index is 14.9. The van der Waals surface area contributed by atoms with Crippen molar-refractivity contribution in [2.45, 2.75) is 6.92 Å². The third-order valence-corrected chi connectivity index (χ3v) is 8.62. The molecule has 0 N–H and O–H groups in total. The van der Waals surface area contributed by atoms with Crippen molar-refractivity contribution in [2.75, 3.05) is 0 Å². The number of hydrogen-bond acceptors (Lipinski definition) is 2. The van der Waals surface area contributed by atoms with E-state index < -0.39 is 0 Å². The Morgan fingerprint density at radius 2 is 1.27 bits per heavy atom. The number of rotatable bonds is 6. The second kappa shape index (κ2) is 10.6. The average molecular weight is 580 g/mol. The number of pyridine rings is 1. The zero-order valence-electron chi connectivity index (χ0n) is 24.8. The van der Waals surface area contributed by atoms with Gasteiger partial charge in [0.05, 0.1) is 11.2 Å². The Balaban J connectivity index is 1.58. The van der Waals surface area contributed by atoms with E-state index in [1.165, 1.54) is 0 Å². The van der Waals surface area contributed by atoms with Gasteiger partial charge < -0.3 is 0 Å². The molecule has 0 saturated carbocycles. The van der Waals surface area contributed by atoms with Crippen molar-refractivity contribution in [1.82, 2.24) is 14.0 Å². The van der Waals surface area contributed by atoms with Crippen LogP contribution in [0.3, 0.4) is 0 Å². The number of hydrogen-bond donors (Lipinski definition) is 0. The first-order valence-corrected chi connectivity index (χ1v) is 15.1. The summed E-state index contributed by atoms with van der Waals surface area (Å²) >= 11 is 0. The molecule has 0 aliphatic carbocycles. The first-order chi connectivity index (χ1) is 22.1. The Morgan fingerprint density at radius 1 is 0.689 bits per heavy atom. The number of imidazole rings is 1. The minimum Gasteiger partial charge on any atom is -0.287 e. The molecule has 0 bridgehead atoms. The van der Waals surface area contributed by atoms with E-state index in [0.717, 1.165) is 66.9 Å². The SMILES string of the molecule is C=Cc1c(/C=C(\C)c2ccccc2)c2cc(-c3ccccc3)cc3c4nc(-c5ccccc5)n(-c5ccccc5)c4c(=O)n1c23. The Bertz CT molecular complexity index is 2440. The van der Waals surface area contributed by atoms with Gasteiger partial charge in [-0.2, -0.15) is 0 Å². The number of aromatic nitrogens is 3. The molecule has 8 rings (SSSR count). The normalized spacial score (nSPS) is 12.0. The Kier molecular flexibility index (Phi) is 6.28. The van der Waals surface area contributed by atoms with Crippen molar-refractivity contribution in [1.29, 1.82) is 0 Å². The molecule has 0 saturated heterocycles. The van der Waals surface area contributed by atoms with Gasteiger partial charge in [-0.15, -0.1) is 0 Å². The number of allylic oxidation sites excluding steroid dienone is 1. The standard InChI is InChI=1S/C41H29N3O/c1-3-36-33(24-27(2)28-16-8-4-9-17-28)34-25-31(29-18-10-5-11-19-29)26-35-37-39(41(45)44(36)38(34)35)43(32-22-14-7-15-23-32)40(42-37)30-20-12-6-13-21-30/h3-26H,1H2,2H3/b27-24+. The molecule has 3 aromatic heterocycles. The van der Waals surface area contributed by atoms with Gasteiger partial charge in [-0.05, 0) is 65.6 Å². The maximum Gasteiger partial charge on any atom is 0.282 e. The molecule has 214 valence electrons. The van der Waals surface area contributed by atoms with Crippen LogP contribution in [-0.4, -0.2) is 14.0 Å². The molecule has 5 aromatic carbocycles. The van der Waals surface area contributed by atoms with Crippen LogP contribution >= 0.6 is 0 Å². The summed E-state index contributed by atoms with van der Waals surface area (Å²) in [5.74, 6) is 0.726. The van der Waals surface area contributed by atoms with Gasteiger partial charge in [0, 0.05) is 27.6 Å². The smallest absolute Gasteiger partial charge is 0.282 e.